The van der Waals surface area contributed by atoms with Crippen molar-refractivity contribution in [3.05, 3.63) is 12.2 Å². The third kappa shape index (κ3) is 2.85. The fraction of sp³-hybridized carbons (Fsp3) is 0.933. The smallest absolute Gasteiger partial charge is 0.0618 e. The molecule has 5 aliphatic rings. The van der Waals surface area contributed by atoms with Gasteiger partial charge in [0.2, 0.25) is 0 Å². The first-order valence-electron chi connectivity index (χ1n) is 14.0. The zero-order valence-corrected chi connectivity index (χ0v) is 22.0. The van der Waals surface area contributed by atoms with Gasteiger partial charge >= 0.3 is 0 Å². The lowest BCUT2D eigenvalue weighted by Crippen LogP contribution is -2.67. The average molecular weight is 459 g/mol. The van der Waals surface area contributed by atoms with Crippen LogP contribution in [0.25, 0.3) is 0 Å². The molecule has 0 heterocycles. The minimum absolute atomic E-state index is 0.0964. The van der Waals surface area contributed by atoms with Crippen molar-refractivity contribution in [3.63, 3.8) is 0 Å². The molecule has 3 heteroatoms. The summed E-state index contributed by atoms with van der Waals surface area (Å²) in [6.45, 7) is 17.0. The summed E-state index contributed by atoms with van der Waals surface area (Å²) in [5, 5.41) is 32.0. The largest absolute Gasteiger partial charge is 0.396 e. The van der Waals surface area contributed by atoms with E-state index in [0.717, 1.165) is 19.3 Å². The van der Waals surface area contributed by atoms with E-state index in [9.17, 15) is 15.3 Å². The van der Waals surface area contributed by atoms with Crippen molar-refractivity contribution >= 4 is 0 Å². The normalized spacial score (nSPS) is 58.1. The van der Waals surface area contributed by atoms with Crippen molar-refractivity contribution in [2.24, 2.45) is 56.7 Å². The molecule has 5 rings (SSSR count). The van der Waals surface area contributed by atoms with Gasteiger partial charge in [-0.05, 0) is 122 Å². The zero-order valence-electron chi connectivity index (χ0n) is 22.0. The highest BCUT2D eigenvalue weighted by Crippen LogP contribution is 2.77. The highest BCUT2D eigenvalue weighted by molar-refractivity contribution is 5.21. The lowest BCUT2D eigenvalue weighted by Gasteiger charge is -2.73. The molecule has 0 radical (unpaired) electrons. The van der Waals surface area contributed by atoms with Gasteiger partial charge in [0.05, 0.1) is 12.7 Å². The van der Waals surface area contributed by atoms with E-state index in [2.05, 4.69) is 41.2 Å². The molecule has 0 bridgehead atoms. The van der Waals surface area contributed by atoms with Crippen molar-refractivity contribution < 1.29 is 15.3 Å². The van der Waals surface area contributed by atoms with Crippen LogP contribution in [0.4, 0.5) is 0 Å². The minimum atomic E-state index is -0.383. The predicted molar refractivity (Wildman–Crippen MR) is 133 cm³/mol. The van der Waals surface area contributed by atoms with Gasteiger partial charge in [-0.1, -0.05) is 39.8 Å². The van der Waals surface area contributed by atoms with Crippen LogP contribution in [0, 0.1) is 56.7 Å². The van der Waals surface area contributed by atoms with Crippen LogP contribution in [0.15, 0.2) is 12.2 Å². The third-order valence-electron chi connectivity index (χ3n) is 13.7. The molecule has 3 N–H and O–H groups in total. The number of fused-ring (bicyclic) bond motifs is 7. The zero-order chi connectivity index (χ0) is 24.0. The quantitative estimate of drug-likeness (QED) is 0.457. The van der Waals surface area contributed by atoms with Gasteiger partial charge in [-0.3, -0.25) is 0 Å². The predicted octanol–water partition coefficient (Wildman–Crippen LogP) is 5.97. The minimum Gasteiger partial charge on any atom is -0.396 e. The lowest BCUT2D eigenvalue weighted by molar-refractivity contribution is -0.255. The second kappa shape index (κ2) is 7.56. The van der Waals surface area contributed by atoms with E-state index in [0.29, 0.717) is 36.2 Å². The molecule has 0 unspecified atom stereocenters. The fourth-order valence-corrected chi connectivity index (χ4v) is 11.6. The molecule has 0 amide bonds. The number of aliphatic hydroxyl groups is 3. The Labute approximate surface area is 202 Å². The van der Waals surface area contributed by atoms with Crippen molar-refractivity contribution in [1.29, 1.82) is 0 Å². The molecular formula is C30H50O3. The molecule has 11 atom stereocenters. The summed E-state index contributed by atoms with van der Waals surface area (Å²) in [5.74, 6) is 2.86. The maximum absolute atomic E-state index is 10.9. The number of rotatable bonds is 3. The highest BCUT2D eigenvalue weighted by atomic mass is 16.3. The van der Waals surface area contributed by atoms with Crippen LogP contribution < -0.4 is 0 Å². The Morgan fingerprint density at radius 2 is 1.52 bits per heavy atom. The summed E-state index contributed by atoms with van der Waals surface area (Å²) in [4.78, 5) is 0. The van der Waals surface area contributed by atoms with Gasteiger partial charge < -0.3 is 15.3 Å². The monoisotopic (exact) mass is 458 g/mol. The molecule has 0 saturated heterocycles. The van der Waals surface area contributed by atoms with Crippen LogP contribution in [0.5, 0.6) is 0 Å². The third-order valence-corrected chi connectivity index (χ3v) is 13.7. The molecular weight excluding hydrogens is 408 g/mol. The molecule has 0 aliphatic heterocycles. The van der Waals surface area contributed by atoms with Gasteiger partial charge in [0.25, 0.3) is 0 Å². The van der Waals surface area contributed by atoms with E-state index in [1.54, 1.807) is 0 Å². The van der Waals surface area contributed by atoms with Gasteiger partial charge in [0, 0.05) is 12.0 Å². The van der Waals surface area contributed by atoms with Crippen molar-refractivity contribution in [3.8, 4) is 0 Å². The Kier molecular flexibility index (Phi) is 5.57. The summed E-state index contributed by atoms with van der Waals surface area (Å²) in [6.07, 6.45) is 11.2. The van der Waals surface area contributed by atoms with Crippen LogP contribution in [0.2, 0.25) is 0 Å². The van der Waals surface area contributed by atoms with Gasteiger partial charge in [-0.25, -0.2) is 0 Å². The fourth-order valence-electron chi connectivity index (χ4n) is 11.6. The second-order valence-corrected chi connectivity index (χ2v) is 14.4. The Hall–Kier alpha value is -0.380. The summed E-state index contributed by atoms with van der Waals surface area (Å²) < 4.78 is 0. The number of hydrogen-bond donors (Lipinski definition) is 3. The Morgan fingerprint density at radius 1 is 0.788 bits per heavy atom. The average Bonchev–Trinajstić information content (AvgIpc) is 3.17. The van der Waals surface area contributed by atoms with Crippen molar-refractivity contribution in [2.45, 2.75) is 105 Å². The first kappa shape index (κ1) is 24.3. The second-order valence-electron chi connectivity index (χ2n) is 14.4. The molecule has 0 aromatic rings. The molecule has 0 aromatic heterocycles. The van der Waals surface area contributed by atoms with Crippen LogP contribution >= 0.6 is 0 Å². The van der Waals surface area contributed by atoms with E-state index in [1.807, 2.05) is 0 Å². The number of allylic oxidation sites excluding steroid dienone is 1. The van der Waals surface area contributed by atoms with Crippen LogP contribution in [0.3, 0.4) is 0 Å². The van der Waals surface area contributed by atoms with E-state index in [1.165, 1.54) is 50.5 Å². The van der Waals surface area contributed by atoms with Crippen molar-refractivity contribution in [1.82, 2.24) is 0 Å². The number of hydrogen-bond acceptors (Lipinski definition) is 3. The van der Waals surface area contributed by atoms with E-state index in [-0.39, 0.29) is 39.8 Å². The molecule has 0 spiro atoms. The summed E-state index contributed by atoms with van der Waals surface area (Å²) in [7, 11) is 0. The van der Waals surface area contributed by atoms with Gasteiger partial charge in [-0.15, -0.1) is 0 Å². The molecule has 33 heavy (non-hydrogen) atoms. The first-order valence-corrected chi connectivity index (χ1v) is 14.0. The lowest BCUT2D eigenvalue weighted by atomic mass is 9.32. The molecule has 188 valence electrons. The van der Waals surface area contributed by atoms with E-state index < -0.39 is 0 Å². The molecule has 3 nitrogen and oxygen atoms in total. The van der Waals surface area contributed by atoms with Crippen LogP contribution in [-0.4, -0.2) is 34.6 Å². The standard InChI is InChI=1S/C30H50O3/c1-19(2)20-9-14-30(18-32)16-15-28(5)21(25(20)30)7-8-23-26(3)12-11-24(33)27(4,17-31)22(26)10-13-29(23,28)6/h20-25,31-33H,1,7-18H2,2-6H3/t20-,21+,22+,23+,24-,25+,26-,27+,28+,29+,30+/m0/s1. The molecule has 0 aromatic carbocycles. The SMILES string of the molecule is C=C(C)[C@@H]1CC[C@]2(CO)CC[C@]3(C)[C@H](CC[C@@H]4[C@@]5(C)CC[C@H](O)[C@](C)(CO)[C@@H]5CC[C@]43C)[C@@H]12. The molecule has 5 fully saturated rings. The Balaban J connectivity index is 1.55. The molecule has 5 aliphatic carbocycles. The van der Waals surface area contributed by atoms with E-state index >= 15 is 0 Å². The van der Waals surface area contributed by atoms with Crippen LogP contribution in [-0.2, 0) is 0 Å². The Bertz CT molecular complexity index is 808. The number of aliphatic hydroxyl groups excluding tert-OH is 3. The maximum atomic E-state index is 10.9. The highest BCUT2D eigenvalue weighted by Gasteiger charge is 2.71. The van der Waals surface area contributed by atoms with Crippen LogP contribution in [0.1, 0.15) is 98.8 Å². The molecule has 5 saturated carbocycles. The van der Waals surface area contributed by atoms with Crippen molar-refractivity contribution in [2.75, 3.05) is 13.2 Å². The topological polar surface area (TPSA) is 60.7 Å². The summed E-state index contributed by atoms with van der Waals surface area (Å²) in [6, 6.07) is 0. The first-order chi connectivity index (χ1) is 15.4. The van der Waals surface area contributed by atoms with Gasteiger partial charge in [0.1, 0.15) is 0 Å². The van der Waals surface area contributed by atoms with Gasteiger partial charge in [-0.2, -0.15) is 0 Å². The summed E-state index contributed by atoms with van der Waals surface area (Å²) in [5.41, 5.74) is 1.83. The maximum Gasteiger partial charge on any atom is 0.0618 e. The Morgan fingerprint density at radius 3 is 2.15 bits per heavy atom. The van der Waals surface area contributed by atoms with E-state index in [4.69, 9.17) is 0 Å². The summed E-state index contributed by atoms with van der Waals surface area (Å²) >= 11 is 0. The van der Waals surface area contributed by atoms with Gasteiger partial charge in [0.15, 0.2) is 0 Å².